The molecule has 0 atom stereocenters. The van der Waals surface area contributed by atoms with E-state index in [4.69, 9.17) is 0 Å². The third-order valence-corrected chi connectivity index (χ3v) is 4.88. The van der Waals surface area contributed by atoms with Gasteiger partial charge < -0.3 is 15.3 Å². The Bertz CT molecular complexity index is 458. The van der Waals surface area contributed by atoms with E-state index < -0.39 is 5.60 Å². The highest BCUT2D eigenvalue weighted by atomic mass is 79.9. The Kier molecular flexibility index (Phi) is 6.08. The summed E-state index contributed by atoms with van der Waals surface area (Å²) in [5.74, 6) is 0. The van der Waals surface area contributed by atoms with Gasteiger partial charge in [0.15, 0.2) is 0 Å². The molecule has 1 aromatic rings. The van der Waals surface area contributed by atoms with Crippen LogP contribution in [0, 0.1) is 0 Å². The van der Waals surface area contributed by atoms with Crippen molar-refractivity contribution in [2.75, 3.05) is 25.0 Å². The SMILES string of the molecule is CCCNCc1ccc(N(C)CC2(O)CCCC2)c(Br)c1. The van der Waals surface area contributed by atoms with Gasteiger partial charge in [-0.1, -0.05) is 25.8 Å². The number of hydrogen-bond donors (Lipinski definition) is 2. The van der Waals surface area contributed by atoms with Crippen molar-refractivity contribution in [1.82, 2.24) is 5.32 Å². The summed E-state index contributed by atoms with van der Waals surface area (Å²) < 4.78 is 1.10. The molecule has 1 fully saturated rings. The van der Waals surface area contributed by atoms with Gasteiger partial charge in [0.25, 0.3) is 0 Å². The van der Waals surface area contributed by atoms with E-state index in [2.05, 4.69) is 58.3 Å². The van der Waals surface area contributed by atoms with Crippen molar-refractivity contribution < 1.29 is 5.11 Å². The van der Waals surface area contributed by atoms with E-state index in [0.717, 1.165) is 55.4 Å². The van der Waals surface area contributed by atoms with Crippen molar-refractivity contribution in [1.29, 1.82) is 0 Å². The van der Waals surface area contributed by atoms with Crippen LogP contribution >= 0.6 is 15.9 Å². The average Bonchev–Trinajstić information content (AvgIpc) is 2.85. The average molecular weight is 355 g/mol. The van der Waals surface area contributed by atoms with Crippen LogP contribution in [-0.4, -0.2) is 30.8 Å². The van der Waals surface area contributed by atoms with Gasteiger partial charge in [0, 0.05) is 24.6 Å². The molecule has 1 aromatic carbocycles. The summed E-state index contributed by atoms with van der Waals surface area (Å²) in [6, 6.07) is 6.48. The lowest BCUT2D eigenvalue weighted by Crippen LogP contribution is -2.39. The summed E-state index contributed by atoms with van der Waals surface area (Å²) in [4.78, 5) is 2.17. The van der Waals surface area contributed by atoms with E-state index >= 15 is 0 Å². The Morgan fingerprint density at radius 2 is 2.05 bits per heavy atom. The molecule has 0 saturated heterocycles. The van der Waals surface area contributed by atoms with Gasteiger partial charge in [-0.15, -0.1) is 0 Å². The van der Waals surface area contributed by atoms with Gasteiger partial charge in [-0.3, -0.25) is 0 Å². The number of aliphatic hydroxyl groups is 1. The molecule has 2 N–H and O–H groups in total. The quantitative estimate of drug-likeness (QED) is 0.733. The highest BCUT2D eigenvalue weighted by molar-refractivity contribution is 9.10. The van der Waals surface area contributed by atoms with E-state index in [9.17, 15) is 5.11 Å². The highest BCUT2D eigenvalue weighted by Gasteiger charge is 2.32. The summed E-state index contributed by atoms with van der Waals surface area (Å²) in [6.07, 6.45) is 5.30. The van der Waals surface area contributed by atoms with Gasteiger partial charge >= 0.3 is 0 Å². The number of anilines is 1. The molecule has 0 bridgehead atoms. The van der Waals surface area contributed by atoms with E-state index in [0.29, 0.717) is 6.54 Å². The minimum Gasteiger partial charge on any atom is -0.388 e. The van der Waals surface area contributed by atoms with Crippen LogP contribution in [0.4, 0.5) is 5.69 Å². The minimum absolute atomic E-state index is 0.504. The monoisotopic (exact) mass is 354 g/mol. The van der Waals surface area contributed by atoms with Crippen LogP contribution in [0.5, 0.6) is 0 Å². The van der Waals surface area contributed by atoms with Crippen LogP contribution in [-0.2, 0) is 6.54 Å². The molecule has 1 aliphatic rings. The fraction of sp³-hybridized carbons (Fsp3) is 0.647. The van der Waals surface area contributed by atoms with Crippen LogP contribution < -0.4 is 10.2 Å². The lowest BCUT2D eigenvalue weighted by Gasteiger charge is -2.30. The lowest BCUT2D eigenvalue weighted by molar-refractivity contribution is 0.0559. The van der Waals surface area contributed by atoms with Gasteiger partial charge in [0.2, 0.25) is 0 Å². The zero-order valence-corrected chi connectivity index (χ0v) is 14.7. The van der Waals surface area contributed by atoms with E-state index in [1.165, 1.54) is 5.56 Å². The molecule has 2 rings (SSSR count). The molecule has 21 heavy (non-hydrogen) atoms. The normalized spacial score (nSPS) is 17.1. The molecule has 0 spiro atoms. The fourth-order valence-corrected chi connectivity index (χ4v) is 3.83. The molecule has 0 unspecified atom stereocenters. The maximum absolute atomic E-state index is 10.5. The van der Waals surface area contributed by atoms with Gasteiger partial charge in [-0.2, -0.15) is 0 Å². The Labute approximate surface area is 136 Å². The first-order valence-electron chi connectivity index (χ1n) is 7.97. The van der Waals surface area contributed by atoms with Crippen LogP contribution in [0.15, 0.2) is 22.7 Å². The number of halogens is 1. The first-order valence-corrected chi connectivity index (χ1v) is 8.76. The van der Waals surface area contributed by atoms with Crippen LogP contribution in [0.2, 0.25) is 0 Å². The lowest BCUT2D eigenvalue weighted by atomic mass is 10.0. The summed E-state index contributed by atoms with van der Waals surface area (Å²) in [7, 11) is 2.06. The standard InChI is InChI=1S/C17H27BrN2O/c1-3-10-19-12-14-6-7-16(15(18)11-14)20(2)13-17(21)8-4-5-9-17/h6-7,11,19,21H,3-5,8-10,12-13H2,1-2H3. The number of nitrogens with one attached hydrogen (secondary N) is 1. The number of rotatable bonds is 7. The van der Waals surface area contributed by atoms with Crippen molar-refractivity contribution in [3.8, 4) is 0 Å². The number of nitrogens with zero attached hydrogens (tertiary/aromatic N) is 1. The summed E-state index contributed by atoms with van der Waals surface area (Å²) in [5.41, 5.74) is 1.93. The molecule has 1 saturated carbocycles. The zero-order chi connectivity index (χ0) is 15.3. The molecular formula is C17H27BrN2O. The molecular weight excluding hydrogens is 328 g/mol. The van der Waals surface area contributed by atoms with E-state index in [1.807, 2.05) is 0 Å². The predicted molar refractivity (Wildman–Crippen MR) is 92.8 cm³/mol. The molecule has 118 valence electrons. The smallest absolute Gasteiger partial charge is 0.0821 e. The van der Waals surface area contributed by atoms with Crippen molar-refractivity contribution in [2.24, 2.45) is 0 Å². The molecule has 0 radical (unpaired) electrons. The first kappa shape index (κ1) is 16.8. The number of likely N-dealkylation sites (N-methyl/N-ethyl adjacent to an activating group) is 1. The number of benzene rings is 1. The maximum atomic E-state index is 10.5. The Morgan fingerprint density at radius 3 is 2.67 bits per heavy atom. The highest BCUT2D eigenvalue weighted by Crippen LogP contribution is 2.33. The topological polar surface area (TPSA) is 35.5 Å². The van der Waals surface area contributed by atoms with Crippen molar-refractivity contribution in [3.63, 3.8) is 0 Å². The van der Waals surface area contributed by atoms with E-state index in [1.54, 1.807) is 0 Å². The number of hydrogen-bond acceptors (Lipinski definition) is 3. The van der Waals surface area contributed by atoms with Crippen LogP contribution in [0.3, 0.4) is 0 Å². The zero-order valence-electron chi connectivity index (χ0n) is 13.2. The van der Waals surface area contributed by atoms with E-state index in [-0.39, 0.29) is 0 Å². The van der Waals surface area contributed by atoms with Gasteiger partial charge in [0.05, 0.1) is 11.3 Å². The summed E-state index contributed by atoms with van der Waals surface area (Å²) in [6.45, 7) is 4.83. The molecule has 0 aliphatic heterocycles. The second-order valence-electron chi connectivity index (χ2n) is 6.25. The minimum atomic E-state index is -0.504. The summed E-state index contributed by atoms with van der Waals surface area (Å²) >= 11 is 3.67. The molecule has 1 aliphatic carbocycles. The van der Waals surface area contributed by atoms with Crippen LogP contribution in [0.25, 0.3) is 0 Å². The second-order valence-corrected chi connectivity index (χ2v) is 7.10. The van der Waals surface area contributed by atoms with Gasteiger partial charge in [-0.05, 0) is 59.4 Å². The molecule has 0 amide bonds. The van der Waals surface area contributed by atoms with Gasteiger partial charge in [0.1, 0.15) is 0 Å². The van der Waals surface area contributed by atoms with Crippen molar-refractivity contribution in [3.05, 3.63) is 28.2 Å². The first-order chi connectivity index (χ1) is 10.0. The Balaban J connectivity index is 1.99. The third-order valence-electron chi connectivity index (χ3n) is 4.24. The molecule has 3 nitrogen and oxygen atoms in total. The summed E-state index contributed by atoms with van der Waals surface area (Å²) in [5, 5.41) is 14.0. The fourth-order valence-electron chi connectivity index (χ4n) is 3.10. The molecule has 4 heteroatoms. The second kappa shape index (κ2) is 7.61. The van der Waals surface area contributed by atoms with Crippen molar-refractivity contribution in [2.45, 2.75) is 51.2 Å². The Morgan fingerprint density at radius 1 is 1.33 bits per heavy atom. The van der Waals surface area contributed by atoms with Crippen molar-refractivity contribution >= 4 is 21.6 Å². The molecule has 0 heterocycles. The van der Waals surface area contributed by atoms with Gasteiger partial charge in [-0.25, -0.2) is 0 Å². The molecule has 0 aromatic heterocycles. The third kappa shape index (κ3) is 4.70. The maximum Gasteiger partial charge on any atom is 0.0821 e. The predicted octanol–water partition coefficient (Wildman–Crippen LogP) is 3.69. The Hall–Kier alpha value is -0.580. The largest absolute Gasteiger partial charge is 0.388 e. The van der Waals surface area contributed by atoms with Crippen LogP contribution in [0.1, 0.15) is 44.6 Å².